The Labute approximate surface area is 189 Å². The van der Waals surface area contributed by atoms with Gasteiger partial charge in [0.15, 0.2) is 0 Å². The molecule has 0 bridgehead atoms. The van der Waals surface area contributed by atoms with E-state index in [1.165, 1.54) is 24.3 Å². The second kappa shape index (κ2) is 11.1. The number of carbonyl (C=O) groups excluding carboxylic acids is 2. The van der Waals surface area contributed by atoms with Crippen molar-refractivity contribution in [3.8, 4) is 5.75 Å². The van der Waals surface area contributed by atoms with Gasteiger partial charge in [0.2, 0.25) is 5.91 Å². The molecule has 1 aliphatic heterocycles. The van der Waals surface area contributed by atoms with Gasteiger partial charge in [0.1, 0.15) is 17.6 Å². The van der Waals surface area contributed by atoms with E-state index in [9.17, 15) is 14.0 Å². The molecular formula is C25H32FN3O3. The number of halogens is 1. The topological polar surface area (TPSA) is 70.7 Å². The number of benzene rings is 2. The summed E-state index contributed by atoms with van der Waals surface area (Å²) < 4.78 is 18.5. The highest BCUT2D eigenvalue weighted by molar-refractivity contribution is 5.97. The maximum Gasteiger partial charge on any atom is 0.251 e. The summed E-state index contributed by atoms with van der Waals surface area (Å²) in [5, 5.41) is 5.84. The first kappa shape index (κ1) is 23.7. The van der Waals surface area contributed by atoms with Crippen LogP contribution in [-0.2, 0) is 4.79 Å². The summed E-state index contributed by atoms with van der Waals surface area (Å²) in [6.07, 6.45) is 2.27. The van der Waals surface area contributed by atoms with Crippen LogP contribution in [0.25, 0.3) is 0 Å². The predicted molar refractivity (Wildman–Crippen MR) is 122 cm³/mol. The van der Waals surface area contributed by atoms with Crippen molar-refractivity contribution in [1.82, 2.24) is 15.5 Å². The predicted octanol–water partition coefficient (Wildman–Crippen LogP) is 3.54. The van der Waals surface area contributed by atoms with Crippen molar-refractivity contribution >= 4 is 11.8 Å². The van der Waals surface area contributed by atoms with Crippen LogP contribution in [0.2, 0.25) is 0 Å². The number of ether oxygens (including phenoxy) is 1. The third-order valence-corrected chi connectivity index (χ3v) is 5.87. The number of nitrogens with zero attached hydrogens (tertiary/aromatic N) is 1. The van der Waals surface area contributed by atoms with Gasteiger partial charge in [0.25, 0.3) is 5.91 Å². The van der Waals surface area contributed by atoms with Gasteiger partial charge >= 0.3 is 0 Å². The average Bonchev–Trinajstić information content (AvgIpc) is 3.32. The van der Waals surface area contributed by atoms with E-state index in [-0.39, 0.29) is 17.9 Å². The number of carbonyl (C=O) groups is 2. The van der Waals surface area contributed by atoms with Gasteiger partial charge in [-0.15, -0.1) is 0 Å². The van der Waals surface area contributed by atoms with E-state index in [4.69, 9.17) is 4.74 Å². The molecule has 2 amide bonds. The van der Waals surface area contributed by atoms with E-state index < -0.39 is 17.8 Å². The number of amides is 2. The van der Waals surface area contributed by atoms with Crippen LogP contribution < -0.4 is 15.4 Å². The molecule has 7 heteroatoms. The van der Waals surface area contributed by atoms with Gasteiger partial charge in [-0.25, -0.2) is 4.39 Å². The molecule has 0 saturated carbocycles. The molecule has 1 aliphatic rings. The fourth-order valence-electron chi connectivity index (χ4n) is 4.03. The Morgan fingerprint density at radius 3 is 2.41 bits per heavy atom. The molecule has 32 heavy (non-hydrogen) atoms. The first-order valence-corrected chi connectivity index (χ1v) is 11.1. The maximum absolute atomic E-state index is 13.2. The number of likely N-dealkylation sites (tertiary alicyclic amines) is 1. The quantitative estimate of drug-likeness (QED) is 0.625. The van der Waals surface area contributed by atoms with Crippen LogP contribution >= 0.6 is 0 Å². The first-order chi connectivity index (χ1) is 15.4. The lowest BCUT2D eigenvalue weighted by atomic mass is 10.0. The zero-order valence-corrected chi connectivity index (χ0v) is 18.9. The number of hydrogen-bond acceptors (Lipinski definition) is 4. The second-order valence-corrected chi connectivity index (χ2v) is 8.48. The fourth-order valence-corrected chi connectivity index (χ4v) is 4.03. The molecular weight excluding hydrogens is 409 g/mol. The van der Waals surface area contributed by atoms with Crippen LogP contribution in [0.3, 0.4) is 0 Å². The number of nitrogens with one attached hydrogen (secondary N) is 2. The second-order valence-electron chi connectivity index (χ2n) is 8.48. The molecule has 1 heterocycles. The number of methoxy groups -OCH3 is 1. The van der Waals surface area contributed by atoms with Gasteiger partial charge < -0.3 is 15.4 Å². The molecule has 2 N–H and O–H groups in total. The maximum atomic E-state index is 13.2. The van der Waals surface area contributed by atoms with Gasteiger partial charge in [-0.2, -0.15) is 0 Å². The summed E-state index contributed by atoms with van der Waals surface area (Å²) >= 11 is 0. The Kier molecular flexibility index (Phi) is 8.22. The SMILES string of the molecule is COc1cccc([C@@H](CNC(=O)[C@H](NC(=O)c2ccc(F)cc2)C(C)C)N2CCCC2)c1. The molecule has 2 aromatic carbocycles. The Morgan fingerprint density at radius 2 is 1.78 bits per heavy atom. The first-order valence-electron chi connectivity index (χ1n) is 11.1. The van der Waals surface area contributed by atoms with Crippen LogP contribution in [0.4, 0.5) is 4.39 Å². The third-order valence-electron chi connectivity index (χ3n) is 5.87. The summed E-state index contributed by atoms with van der Waals surface area (Å²) in [6, 6.07) is 12.5. The Balaban J connectivity index is 1.69. The van der Waals surface area contributed by atoms with Crippen LogP contribution in [-0.4, -0.2) is 49.5 Å². The minimum absolute atomic E-state index is 0.0252. The lowest BCUT2D eigenvalue weighted by Gasteiger charge is -2.30. The standard InChI is InChI=1S/C25H32FN3O3/c1-17(2)23(28-24(30)18-9-11-20(26)12-10-18)25(31)27-16-22(29-13-4-5-14-29)19-7-6-8-21(15-19)32-3/h6-12,15,17,22-23H,4-5,13-14,16H2,1-3H3,(H,27,31)(H,28,30)/t22-,23-/m1/s1. The van der Waals surface area contributed by atoms with E-state index in [2.05, 4.69) is 15.5 Å². The summed E-state index contributed by atoms with van der Waals surface area (Å²) in [6.45, 7) is 6.16. The van der Waals surface area contributed by atoms with Crippen molar-refractivity contribution < 1.29 is 18.7 Å². The number of hydrogen-bond donors (Lipinski definition) is 2. The molecule has 0 unspecified atom stereocenters. The van der Waals surface area contributed by atoms with Gasteiger partial charge in [0, 0.05) is 12.1 Å². The largest absolute Gasteiger partial charge is 0.497 e. The lowest BCUT2D eigenvalue weighted by Crippen LogP contribution is -2.51. The summed E-state index contributed by atoms with van der Waals surface area (Å²) in [5.74, 6) is -0.374. The molecule has 0 aromatic heterocycles. The average molecular weight is 442 g/mol. The highest BCUT2D eigenvalue weighted by atomic mass is 19.1. The fraction of sp³-hybridized carbons (Fsp3) is 0.440. The van der Waals surface area contributed by atoms with Gasteiger partial charge in [-0.05, 0) is 73.8 Å². The zero-order valence-electron chi connectivity index (χ0n) is 18.9. The van der Waals surface area contributed by atoms with Crippen LogP contribution in [0, 0.1) is 11.7 Å². The van der Waals surface area contributed by atoms with Crippen molar-refractivity contribution in [3.63, 3.8) is 0 Å². The normalized spacial score (nSPS) is 15.9. The molecule has 6 nitrogen and oxygen atoms in total. The lowest BCUT2D eigenvalue weighted by molar-refractivity contribution is -0.124. The van der Waals surface area contributed by atoms with E-state index in [1.807, 2.05) is 38.1 Å². The van der Waals surface area contributed by atoms with E-state index in [0.29, 0.717) is 12.1 Å². The van der Waals surface area contributed by atoms with Gasteiger partial charge in [0.05, 0.1) is 13.2 Å². The van der Waals surface area contributed by atoms with E-state index in [1.54, 1.807) is 7.11 Å². The van der Waals surface area contributed by atoms with Crippen LogP contribution in [0.1, 0.15) is 48.7 Å². The number of rotatable bonds is 9. The smallest absolute Gasteiger partial charge is 0.251 e. The highest BCUT2D eigenvalue weighted by Crippen LogP contribution is 2.27. The summed E-state index contributed by atoms with van der Waals surface area (Å²) in [5.41, 5.74) is 1.40. The van der Waals surface area contributed by atoms with Gasteiger partial charge in [-0.1, -0.05) is 26.0 Å². The Bertz CT molecular complexity index is 911. The summed E-state index contributed by atoms with van der Waals surface area (Å²) in [7, 11) is 1.64. The molecule has 1 fully saturated rings. The van der Waals surface area contributed by atoms with Crippen molar-refractivity contribution in [2.75, 3.05) is 26.7 Å². The van der Waals surface area contributed by atoms with Crippen molar-refractivity contribution in [3.05, 3.63) is 65.5 Å². The van der Waals surface area contributed by atoms with Crippen molar-refractivity contribution in [1.29, 1.82) is 0 Å². The molecule has 1 saturated heterocycles. The molecule has 2 aromatic rings. The van der Waals surface area contributed by atoms with Gasteiger partial charge in [-0.3, -0.25) is 14.5 Å². The monoisotopic (exact) mass is 441 g/mol. The minimum atomic E-state index is -0.697. The van der Waals surface area contributed by atoms with Crippen LogP contribution in [0.15, 0.2) is 48.5 Å². The molecule has 0 aliphatic carbocycles. The third kappa shape index (κ3) is 6.07. The van der Waals surface area contributed by atoms with Crippen LogP contribution in [0.5, 0.6) is 5.75 Å². The van der Waals surface area contributed by atoms with E-state index in [0.717, 1.165) is 37.2 Å². The highest BCUT2D eigenvalue weighted by Gasteiger charge is 2.28. The molecule has 0 spiro atoms. The Morgan fingerprint density at radius 1 is 1.09 bits per heavy atom. The molecule has 3 rings (SSSR count). The molecule has 0 radical (unpaired) electrons. The Hall–Kier alpha value is -2.93. The minimum Gasteiger partial charge on any atom is -0.497 e. The molecule has 2 atom stereocenters. The summed E-state index contributed by atoms with van der Waals surface area (Å²) in [4.78, 5) is 28.0. The van der Waals surface area contributed by atoms with Crippen molar-refractivity contribution in [2.24, 2.45) is 5.92 Å². The zero-order chi connectivity index (χ0) is 23.1. The molecule has 172 valence electrons. The van der Waals surface area contributed by atoms with Crippen molar-refractivity contribution in [2.45, 2.75) is 38.8 Å². The van der Waals surface area contributed by atoms with E-state index >= 15 is 0 Å².